The smallest absolute Gasteiger partial charge is 0.0950 e. The highest BCUT2D eigenvalue weighted by Gasteiger charge is 2.18. The number of benzene rings is 1. The first-order valence-corrected chi connectivity index (χ1v) is 7.59. The first-order valence-electron chi connectivity index (χ1n) is 6.71. The maximum atomic E-state index is 5.18. The highest BCUT2D eigenvalue weighted by atomic mass is 32.1. The van der Waals surface area contributed by atoms with Crippen molar-refractivity contribution in [2.75, 3.05) is 0 Å². The first kappa shape index (κ1) is 13.2. The third-order valence-corrected chi connectivity index (χ3v) is 4.36. The lowest BCUT2D eigenvalue weighted by molar-refractivity contribution is 0.508. The molecule has 0 aliphatic rings. The second-order valence-electron chi connectivity index (χ2n) is 4.80. The van der Waals surface area contributed by atoms with E-state index in [9.17, 15) is 0 Å². The van der Waals surface area contributed by atoms with E-state index in [-0.39, 0.29) is 12.1 Å². The lowest BCUT2D eigenvalue weighted by Gasteiger charge is -2.22. The van der Waals surface area contributed by atoms with Gasteiger partial charge in [0.25, 0.3) is 0 Å². The van der Waals surface area contributed by atoms with Gasteiger partial charge in [-0.2, -0.15) is 0 Å². The van der Waals surface area contributed by atoms with Crippen molar-refractivity contribution in [2.24, 2.45) is 0 Å². The molecule has 20 heavy (non-hydrogen) atoms. The average Bonchev–Trinajstić information content (AvgIpc) is 3.18. The third kappa shape index (κ3) is 2.84. The summed E-state index contributed by atoms with van der Waals surface area (Å²) >= 11 is 1.78. The molecule has 3 heteroatoms. The Kier molecular flexibility index (Phi) is 4.00. The predicted octanol–water partition coefficient (Wildman–Crippen LogP) is 4.78. The average molecular weight is 283 g/mol. The van der Waals surface area contributed by atoms with E-state index in [1.165, 1.54) is 16.0 Å². The van der Waals surface area contributed by atoms with Crippen molar-refractivity contribution in [3.8, 4) is 0 Å². The standard InChI is InChI=1S/C17H17NOS/c1-13(15-9-10-19-12-15)18-17(16-8-5-11-20-16)14-6-3-2-4-7-14/h2-13,17-18H,1H3. The molecule has 1 N–H and O–H groups in total. The summed E-state index contributed by atoms with van der Waals surface area (Å²) in [4.78, 5) is 1.33. The molecule has 2 nitrogen and oxygen atoms in total. The van der Waals surface area contributed by atoms with Crippen molar-refractivity contribution in [1.82, 2.24) is 5.32 Å². The lowest BCUT2D eigenvalue weighted by Crippen LogP contribution is -2.24. The van der Waals surface area contributed by atoms with Gasteiger partial charge in [0.2, 0.25) is 0 Å². The minimum Gasteiger partial charge on any atom is -0.472 e. The topological polar surface area (TPSA) is 25.2 Å². The van der Waals surface area contributed by atoms with E-state index in [1.807, 2.05) is 6.07 Å². The summed E-state index contributed by atoms with van der Waals surface area (Å²) in [5.74, 6) is 0. The van der Waals surface area contributed by atoms with E-state index < -0.39 is 0 Å². The van der Waals surface area contributed by atoms with Crippen LogP contribution in [0.1, 0.15) is 35.0 Å². The minimum absolute atomic E-state index is 0.209. The van der Waals surface area contributed by atoms with Gasteiger partial charge in [-0.05, 0) is 30.0 Å². The third-order valence-electron chi connectivity index (χ3n) is 3.42. The molecule has 1 aromatic carbocycles. The maximum absolute atomic E-state index is 5.18. The van der Waals surface area contributed by atoms with Crippen molar-refractivity contribution in [3.05, 3.63) is 82.4 Å². The predicted molar refractivity (Wildman–Crippen MR) is 82.9 cm³/mol. The summed E-state index contributed by atoms with van der Waals surface area (Å²) in [6.07, 6.45) is 3.52. The van der Waals surface area contributed by atoms with Crippen LogP contribution in [0.3, 0.4) is 0 Å². The van der Waals surface area contributed by atoms with Crippen molar-refractivity contribution in [2.45, 2.75) is 19.0 Å². The van der Waals surface area contributed by atoms with Gasteiger partial charge in [0.1, 0.15) is 0 Å². The van der Waals surface area contributed by atoms with E-state index in [1.54, 1.807) is 23.9 Å². The van der Waals surface area contributed by atoms with Gasteiger partial charge in [-0.1, -0.05) is 36.4 Å². The fourth-order valence-electron chi connectivity index (χ4n) is 2.31. The summed E-state index contributed by atoms with van der Waals surface area (Å²) in [5, 5.41) is 5.81. The van der Waals surface area contributed by atoms with Gasteiger partial charge in [0, 0.05) is 16.5 Å². The Morgan fingerprint density at radius 2 is 1.85 bits per heavy atom. The van der Waals surface area contributed by atoms with Crippen molar-refractivity contribution in [1.29, 1.82) is 0 Å². The Balaban J connectivity index is 1.87. The molecule has 3 aromatic rings. The van der Waals surface area contributed by atoms with Crippen molar-refractivity contribution in [3.63, 3.8) is 0 Å². The fourth-order valence-corrected chi connectivity index (χ4v) is 3.12. The van der Waals surface area contributed by atoms with Gasteiger partial charge in [0.15, 0.2) is 0 Å². The number of furan rings is 1. The molecular formula is C17H17NOS. The molecule has 0 spiro atoms. The molecule has 2 atom stereocenters. The van der Waals surface area contributed by atoms with Gasteiger partial charge in [0.05, 0.1) is 18.6 Å². The molecule has 0 aliphatic carbocycles. The Labute approximate surface area is 123 Å². The van der Waals surface area contributed by atoms with Gasteiger partial charge in [-0.3, -0.25) is 5.32 Å². The Morgan fingerprint density at radius 1 is 1.00 bits per heavy atom. The van der Waals surface area contributed by atoms with Crippen LogP contribution in [0.4, 0.5) is 0 Å². The molecule has 102 valence electrons. The molecule has 2 aromatic heterocycles. The van der Waals surface area contributed by atoms with Crippen LogP contribution < -0.4 is 5.32 Å². The molecule has 2 heterocycles. The van der Waals surface area contributed by atoms with Gasteiger partial charge in [-0.25, -0.2) is 0 Å². The van der Waals surface area contributed by atoms with E-state index in [0.29, 0.717) is 0 Å². The lowest BCUT2D eigenvalue weighted by atomic mass is 10.0. The minimum atomic E-state index is 0.209. The van der Waals surface area contributed by atoms with Crippen LogP contribution in [0, 0.1) is 0 Å². The SMILES string of the molecule is CC(NC(c1ccccc1)c1cccs1)c1ccoc1. The normalized spacial score (nSPS) is 14.1. The second kappa shape index (κ2) is 6.07. The van der Waals surface area contributed by atoms with E-state index in [4.69, 9.17) is 4.42 Å². The molecule has 0 bridgehead atoms. The van der Waals surface area contributed by atoms with Crippen molar-refractivity contribution < 1.29 is 4.42 Å². The van der Waals surface area contributed by atoms with E-state index in [0.717, 1.165) is 0 Å². The monoisotopic (exact) mass is 283 g/mol. The highest BCUT2D eigenvalue weighted by Crippen LogP contribution is 2.28. The largest absolute Gasteiger partial charge is 0.472 e. The zero-order valence-electron chi connectivity index (χ0n) is 11.3. The van der Waals surface area contributed by atoms with E-state index in [2.05, 4.69) is 60.1 Å². The second-order valence-corrected chi connectivity index (χ2v) is 5.78. The van der Waals surface area contributed by atoms with Crippen LogP contribution in [0.2, 0.25) is 0 Å². The maximum Gasteiger partial charge on any atom is 0.0950 e. The summed E-state index contributed by atoms with van der Waals surface area (Å²) < 4.78 is 5.18. The number of thiophene rings is 1. The van der Waals surface area contributed by atoms with E-state index >= 15 is 0 Å². The molecule has 0 saturated heterocycles. The van der Waals surface area contributed by atoms with Crippen LogP contribution in [-0.2, 0) is 0 Å². The number of hydrogen-bond acceptors (Lipinski definition) is 3. The zero-order valence-corrected chi connectivity index (χ0v) is 12.1. The first-order chi connectivity index (χ1) is 9.84. The molecule has 2 unspecified atom stereocenters. The molecule has 0 radical (unpaired) electrons. The Bertz CT molecular complexity index is 616. The summed E-state index contributed by atoms with van der Waals surface area (Å²) in [7, 11) is 0. The highest BCUT2D eigenvalue weighted by molar-refractivity contribution is 7.10. The summed E-state index contributed by atoms with van der Waals surface area (Å²) in [5.41, 5.74) is 2.45. The number of hydrogen-bond donors (Lipinski definition) is 1. The molecule has 0 aliphatic heterocycles. The van der Waals surface area contributed by atoms with Gasteiger partial charge < -0.3 is 4.42 Å². The van der Waals surface area contributed by atoms with Crippen LogP contribution in [0.15, 0.2) is 70.9 Å². The molecule has 0 fully saturated rings. The Hall–Kier alpha value is -1.84. The quantitative estimate of drug-likeness (QED) is 0.729. The molecular weight excluding hydrogens is 266 g/mol. The molecule has 3 rings (SSSR count). The Morgan fingerprint density at radius 3 is 2.50 bits per heavy atom. The van der Waals surface area contributed by atoms with Crippen LogP contribution in [0.25, 0.3) is 0 Å². The van der Waals surface area contributed by atoms with Crippen LogP contribution in [0.5, 0.6) is 0 Å². The summed E-state index contributed by atoms with van der Waals surface area (Å²) in [6.45, 7) is 2.16. The van der Waals surface area contributed by atoms with Gasteiger partial charge >= 0.3 is 0 Å². The van der Waals surface area contributed by atoms with Gasteiger partial charge in [-0.15, -0.1) is 11.3 Å². The van der Waals surface area contributed by atoms with Crippen LogP contribution >= 0.6 is 11.3 Å². The molecule has 0 amide bonds. The zero-order chi connectivity index (χ0) is 13.8. The number of nitrogens with one attached hydrogen (secondary N) is 1. The number of rotatable bonds is 5. The fraction of sp³-hybridized carbons (Fsp3) is 0.176. The molecule has 0 saturated carbocycles. The van der Waals surface area contributed by atoms with Crippen LogP contribution in [-0.4, -0.2) is 0 Å². The summed E-state index contributed by atoms with van der Waals surface area (Å²) in [6, 6.07) is 17.3. The van der Waals surface area contributed by atoms with Crippen molar-refractivity contribution >= 4 is 11.3 Å².